The Hall–Kier alpha value is -0.990. The van der Waals surface area contributed by atoms with Gasteiger partial charge >= 0.3 is 0 Å². The summed E-state index contributed by atoms with van der Waals surface area (Å²) in [6.45, 7) is 2.33. The Morgan fingerprint density at radius 2 is 2.13 bits per heavy atom. The van der Waals surface area contributed by atoms with E-state index in [1.165, 1.54) is 0 Å². The van der Waals surface area contributed by atoms with Crippen molar-refractivity contribution < 1.29 is 9.84 Å². The minimum Gasteiger partial charge on any atom is -0.495 e. The van der Waals surface area contributed by atoms with E-state index in [0.29, 0.717) is 23.0 Å². The molecular formula is C12H13ClO2. The summed E-state index contributed by atoms with van der Waals surface area (Å²) in [6, 6.07) is 7.27. The summed E-state index contributed by atoms with van der Waals surface area (Å²) in [7, 11) is 0. The highest BCUT2D eigenvalue weighted by atomic mass is 35.5. The van der Waals surface area contributed by atoms with Crippen molar-refractivity contribution in [1.82, 2.24) is 0 Å². The number of hydrogen-bond acceptors (Lipinski definition) is 2. The zero-order valence-corrected chi connectivity index (χ0v) is 9.29. The highest BCUT2D eigenvalue weighted by molar-refractivity contribution is 6.31. The van der Waals surface area contributed by atoms with Crippen LogP contribution in [0.25, 0.3) is 0 Å². The molecule has 0 amide bonds. The van der Waals surface area contributed by atoms with Gasteiger partial charge in [0.25, 0.3) is 0 Å². The average molecular weight is 225 g/mol. The Bertz CT molecular complexity index is 396. The summed E-state index contributed by atoms with van der Waals surface area (Å²) in [5, 5.41) is 10.9. The molecule has 2 nitrogen and oxygen atoms in total. The summed E-state index contributed by atoms with van der Waals surface area (Å²) >= 11 is 6.04. The van der Waals surface area contributed by atoms with Gasteiger partial charge in [0.15, 0.2) is 0 Å². The third-order valence-electron chi connectivity index (χ3n) is 2.58. The SMILES string of the molecule is CC(O)(C1=CCCO1)c1ccccc1Cl. The minimum atomic E-state index is -1.13. The standard InChI is InChI=1S/C12H13ClO2/c1-12(14,11-7-4-8-15-11)9-5-2-3-6-10(9)13/h2-3,5-7,14H,4,8H2,1H3. The summed E-state index contributed by atoms with van der Waals surface area (Å²) in [6.07, 6.45) is 2.75. The molecule has 80 valence electrons. The molecule has 0 aromatic heterocycles. The second-order valence-corrected chi connectivity index (χ2v) is 4.16. The number of ether oxygens (including phenoxy) is 1. The van der Waals surface area contributed by atoms with Gasteiger partial charge in [-0.2, -0.15) is 0 Å². The van der Waals surface area contributed by atoms with Gasteiger partial charge in [0, 0.05) is 17.0 Å². The summed E-state index contributed by atoms with van der Waals surface area (Å²) < 4.78 is 5.38. The smallest absolute Gasteiger partial charge is 0.145 e. The quantitative estimate of drug-likeness (QED) is 0.837. The van der Waals surface area contributed by atoms with Crippen LogP contribution in [-0.2, 0) is 10.3 Å². The molecule has 1 heterocycles. The Morgan fingerprint density at radius 1 is 1.40 bits per heavy atom. The van der Waals surface area contributed by atoms with Crippen molar-refractivity contribution in [3.63, 3.8) is 0 Å². The van der Waals surface area contributed by atoms with E-state index in [2.05, 4.69) is 0 Å². The maximum atomic E-state index is 10.4. The van der Waals surface area contributed by atoms with E-state index in [1.54, 1.807) is 13.0 Å². The Kier molecular flexibility index (Phi) is 2.72. The molecule has 2 rings (SSSR count). The molecule has 15 heavy (non-hydrogen) atoms. The van der Waals surface area contributed by atoms with Gasteiger partial charge in [-0.05, 0) is 19.1 Å². The number of rotatable bonds is 2. The first-order valence-electron chi connectivity index (χ1n) is 4.93. The number of halogens is 1. The fraction of sp³-hybridized carbons (Fsp3) is 0.333. The van der Waals surface area contributed by atoms with Gasteiger partial charge in [-0.15, -0.1) is 0 Å². The molecule has 0 fully saturated rings. The van der Waals surface area contributed by atoms with Crippen LogP contribution in [0.5, 0.6) is 0 Å². The highest BCUT2D eigenvalue weighted by Crippen LogP contribution is 2.36. The average Bonchev–Trinajstić information content (AvgIpc) is 2.71. The highest BCUT2D eigenvalue weighted by Gasteiger charge is 2.33. The maximum Gasteiger partial charge on any atom is 0.145 e. The zero-order chi connectivity index (χ0) is 10.9. The molecule has 0 radical (unpaired) electrons. The molecule has 0 bridgehead atoms. The zero-order valence-electron chi connectivity index (χ0n) is 8.53. The molecule has 1 atom stereocenters. The van der Waals surface area contributed by atoms with Crippen molar-refractivity contribution in [2.24, 2.45) is 0 Å². The lowest BCUT2D eigenvalue weighted by molar-refractivity contribution is 0.0318. The predicted octanol–water partition coefficient (Wildman–Crippen LogP) is 2.85. The molecular weight excluding hydrogens is 212 g/mol. The first-order chi connectivity index (χ1) is 7.12. The van der Waals surface area contributed by atoms with Gasteiger partial charge in [0.2, 0.25) is 0 Å². The van der Waals surface area contributed by atoms with Gasteiger partial charge in [-0.1, -0.05) is 29.8 Å². The van der Waals surface area contributed by atoms with E-state index < -0.39 is 5.60 Å². The van der Waals surface area contributed by atoms with Gasteiger partial charge in [0.05, 0.1) is 6.61 Å². The van der Waals surface area contributed by atoms with Gasteiger partial charge in [0.1, 0.15) is 11.4 Å². The normalized spacial score (nSPS) is 19.3. The molecule has 0 spiro atoms. The molecule has 1 aliphatic heterocycles. The van der Waals surface area contributed by atoms with Crippen molar-refractivity contribution in [1.29, 1.82) is 0 Å². The fourth-order valence-electron chi connectivity index (χ4n) is 1.75. The monoisotopic (exact) mass is 224 g/mol. The van der Waals surface area contributed by atoms with Gasteiger partial charge in [-0.25, -0.2) is 0 Å². The number of hydrogen-bond donors (Lipinski definition) is 1. The van der Waals surface area contributed by atoms with E-state index in [-0.39, 0.29) is 0 Å². The van der Waals surface area contributed by atoms with E-state index in [0.717, 1.165) is 6.42 Å². The van der Waals surface area contributed by atoms with E-state index >= 15 is 0 Å². The lowest BCUT2D eigenvalue weighted by atomic mass is 9.93. The molecule has 0 aliphatic carbocycles. The molecule has 1 N–H and O–H groups in total. The van der Waals surface area contributed by atoms with Crippen molar-refractivity contribution in [3.8, 4) is 0 Å². The summed E-state index contributed by atoms with van der Waals surface area (Å²) in [5.41, 5.74) is -0.450. The van der Waals surface area contributed by atoms with Gasteiger partial charge < -0.3 is 9.84 Å². The largest absolute Gasteiger partial charge is 0.495 e. The first kappa shape index (κ1) is 10.5. The molecule has 1 aromatic rings. The van der Waals surface area contributed by atoms with Crippen LogP contribution in [0.1, 0.15) is 18.9 Å². The Balaban J connectivity index is 2.41. The van der Waals surface area contributed by atoms with Crippen molar-refractivity contribution in [2.45, 2.75) is 18.9 Å². The van der Waals surface area contributed by atoms with E-state index in [4.69, 9.17) is 16.3 Å². The van der Waals surface area contributed by atoms with Crippen LogP contribution in [0.15, 0.2) is 36.1 Å². The summed E-state index contributed by atoms with van der Waals surface area (Å²) in [5.74, 6) is 0.593. The topological polar surface area (TPSA) is 29.5 Å². The first-order valence-corrected chi connectivity index (χ1v) is 5.31. The van der Waals surface area contributed by atoms with Crippen LogP contribution in [0, 0.1) is 0 Å². The molecule has 0 saturated heterocycles. The minimum absolute atomic E-state index is 0.555. The number of benzene rings is 1. The molecule has 3 heteroatoms. The second kappa shape index (κ2) is 3.87. The van der Waals surface area contributed by atoms with Crippen LogP contribution >= 0.6 is 11.6 Å². The van der Waals surface area contributed by atoms with Crippen molar-refractivity contribution in [2.75, 3.05) is 6.61 Å². The van der Waals surface area contributed by atoms with Gasteiger partial charge in [-0.3, -0.25) is 0 Å². The third-order valence-corrected chi connectivity index (χ3v) is 2.91. The third kappa shape index (κ3) is 1.87. The lowest BCUT2D eigenvalue weighted by Crippen LogP contribution is -2.24. The van der Waals surface area contributed by atoms with Crippen molar-refractivity contribution in [3.05, 3.63) is 46.7 Å². The fourth-order valence-corrected chi connectivity index (χ4v) is 2.07. The molecule has 1 unspecified atom stereocenters. The van der Waals surface area contributed by atoms with E-state index in [1.807, 2.05) is 24.3 Å². The lowest BCUT2D eigenvalue weighted by Gasteiger charge is -2.25. The maximum absolute atomic E-state index is 10.4. The molecule has 1 aliphatic rings. The van der Waals surface area contributed by atoms with Crippen LogP contribution < -0.4 is 0 Å². The van der Waals surface area contributed by atoms with Crippen LogP contribution in [0.2, 0.25) is 5.02 Å². The molecule has 1 aromatic carbocycles. The second-order valence-electron chi connectivity index (χ2n) is 3.76. The number of aliphatic hydroxyl groups is 1. The van der Waals surface area contributed by atoms with E-state index in [9.17, 15) is 5.11 Å². The predicted molar refractivity (Wildman–Crippen MR) is 59.7 cm³/mol. The van der Waals surface area contributed by atoms with Crippen LogP contribution in [0.3, 0.4) is 0 Å². The Labute approximate surface area is 94.1 Å². The van der Waals surface area contributed by atoms with Crippen LogP contribution in [0.4, 0.5) is 0 Å². The van der Waals surface area contributed by atoms with Crippen molar-refractivity contribution >= 4 is 11.6 Å². The summed E-state index contributed by atoms with van der Waals surface area (Å²) in [4.78, 5) is 0. The Morgan fingerprint density at radius 3 is 2.73 bits per heavy atom. The van der Waals surface area contributed by atoms with Crippen LogP contribution in [-0.4, -0.2) is 11.7 Å². The molecule has 0 saturated carbocycles.